The Morgan fingerprint density at radius 1 is 1.18 bits per heavy atom. The standard InChI is InChI=1S/C12H13FN4/c1-8-12(15-6-5-14-8)9(2)17-10-3-4-11(13)16-7-10/h3-7,9,17H,1-2H3. The summed E-state index contributed by atoms with van der Waals surface area (Å²) in [5.74, 6) is -0.487. The number of hydrogen-bond acceptors (Lipinski definition) is 4. The summed E-state index contributed by atoms with van der Waals surface area (Å²) in [5.41, 5.74) is 2.50. The van der Waals surface area contributed by atoms with Crippen LogP contribution in [0.15, 0.2) is 30.7 Å². The Labute approximate surface area is 99.0 Å². The molecule has 4 nitrogen and oxygen atoms in total. The van der Waals surface area contributed by atoms with E-state index in [0.29, 0.717) is 0 Å². The summed E-state index contributed by atoms with van der Waals surface area (Å²) < 4.78 is 12.6. The lowest BCUT2D eigenvalue weighted by Crippen LogP contribution is -2.11. The van der Waals surface area contributed by atoms with Crippen LogP contribution in [-0.2, 0) is 0 Å². The average Bonchev–Trinajstić information content (AvgIpc) is 2.32. The Hall–Kier alpha value is -2.04. The number of aryl methyl sites for hydroxylation is 1. The summed E-state index contributed by atoms with van der Waals surface area (Å²) in [7, 11) is 0. The first-order chi connectivity index (χ1) is 8.16. The Bertz CT molecular complexity index is 498. The number of nitrogens with one attached hydrogen (secondary N) is 1. The molecular weight excluding hydrogens is 219 g/mol. The van der Waals surface area contributed by atoms with Gasteiger partial charge in [-0.25, -0.2) is 4.98 Å². The Morgan fingerprint density at radius 2 is 1.94 bits per heavy atom. The first kappa shape index (κ1) is 11.4. The Balaban J connectivity index is 2.14. The van der Waals surface area contributed by atoms with E-state index in [1.165, 1.54) is 12.3 Å². The van der Waals surface area contributed by atoms with Crippen LogP contribution >= 0.6 is 0 Å². The lowest BCUT2D eigenvalue weighted by Gasteiger charge is -2.15. The van der Waals surface area contributed by atoms with Crippen LogP contribution in [0.4, 0.5) is 10.1 Å². The number of aromatic nitrogens is 3. The monoisotopic (exact) mass is 232 g/mol. The van der Waals surface area contributed by atoms with Crippen LogP contribution in [0.3, 0.4) is 0 Å². The summed E-state index contributed by atoms with van der Waals surface area (Å²) in [6.07, 6.45) is 4.77. The first-order valence-electron chi connectivity index (χ1n) is 5.32. The smallest absolute Gasteiger partial charge is 0.212 e. The highest BCUT2D eigenvalue weighted by molar-refractivity contribution is 5.42. The fraction of sp³-hybridized carbons (Fsp3) is 0.250. The molecule has 0 bridgehead atoms. The predicted molar refractivity (Wildman–Crippen MR) is 63.0 cm³/mol. The van der Waals surface area contributed by atoms with Crippen molar-refractivity contribution in [3.05, 3.63) is 48.1 Å². The molecule has 2 aromatic heterocycles. The quantitative estimate of drug-likeness (QED) is 0.826. The van der Waals surface area contributed by atoms with E-state index in [0.717, 1.165) is 17.1 Å². The van der Waals surface area contributed by atoms with Gasteiger partial charge in [0.15, 0.2) is 0 Å². The molecule has 0 saturated heterocycles. The average molecular weight is 232 g/mol. The van der Waals surface area contributed by atoms with E-state index in [9.17, 15) is 4.39 Å². The maximum absolute atomic E-state index is 12.6. The van der Waals surface area contributed by atoms with Gasteiger partial charge in [-0.1, -0.05) is 0 Å². The number of anilines is 1. The highest BCUT2D eigenvalue weighted by Gasteiger charge is 2.10. The second kappa shape index (κ2) is 4.86. The molecule has 1 unspecified atom stereocenters. The molecule has 0 radical (unpaired) electrons. The summed E-state index contributed by atoms with van der Waals surface area (Å²) in [5, 5.41) is 3.19. The predicted octanol–water partition coefficient (Wildman–Crippen LogP) is 2.49. The highest BCUT2D eigenvalue weighted by atomic mass is 19.1. The fourth-order valence-corrected chi connectivity index (χ4v) is 1.62. The topological polar surface area (TPSA) is 50.7 Å². The van der Waals surface area contributed by atoms with E-state index >= 15 is 0 Å². The largest absolute Gasteiger partial charge is 0.376 e. The van der Waals surface area contributed by atoms with Gasteiger partial charge in [0.25, 0.3) is 0 Å². The van der Waals surface area contributed by atoms with E-state index < -0.39 is 5.95 Å². The summed E-state index contributed by atoms with van der Waals surface area (Å²) in [6, 6.07) is 2.96. The maximum Gasteiger partial charge on any atom is 0.212 e. The summed E-state index contributed by atoms with van der Waals surface area (Å²) >= 11 is 0. The minimum Gasteiger partial charge on any atom is -0.376 e. The van der Waals surface area contributed by atoms with Crippen molar-refractivity contribution in [3.63, 3.8) is 0 Å². The zero-order valence-corrected chi connectivity index (χ0v) is 9.68. The van der Waals surface area contributed by atoms with Crippen LogP contribution in [0.2, 0.25) is 0 Å². The van der Waals surface area contributed by atoms with Gasteiger partial charge in [0.1, 0.15) is 0 Å². The molecule has 0 fully saturated rings. The normalized spacial score (nSPS) is 12.2. The molecule has 2 rings (SSSR count). The highest BCUT2D eigenvalue weighted by Crippen LogP contribution is 2.18. The minimum absolute atomic E-state index is 0.00374. The maximum atomic E-state index is 12.6. The third-order valence-electron chi connectivity index (χ3n) is 2.44. The first-order valence-corrected chi connectivity index (χ1v) is 5.32. The van der Waals surface area contributed by atoms with Gasteiger partial charge in [-0.15, -0.1) is 0 Å². The zero-order chi connectivity index (χ0) is 12.3. The van der Waals surface area contributed by atoms with Crippen molar-refractivity contribution in [1.82, 2.24) is 15.0 Å². The van der Waals surface area contributed by atoms with Gasteiger partial charge in [-0.2, -0.15) is 4.39 Å². The van der Waals surface area contributed by atoms with Crippen molar-refractivity contribution in [1.29, 1.82) is 0 Å². The molecule has 2 heterocycles. The Morgan fingerprint density at radius 3 is 2.59 bits per heavy atom. The van der Waals surface area contributed by atoms with Crippen LogP contribution < -0.4 is 5.32 Å². The van der Waals surface area contributed by atoms with E-state index in [4.69, 9.17) is 0 Å². The van der Waals surface area contributed by atoms with Crippen molar-refractivity contribution in [3.8, 4) is 0 Å². The van der Waals surface area contributed by atoms with Gasteiger partial charge in [-0.05, 0) is 26.0 Å². The molecule has 88 valence electrons. The van der Waals surface area contributed by atoms with Gasteiger partial charge in [0, 0.05) is 12.4 Å². The second-order valence-corrected chi connectivity index (χ2v) is 3.76. The van der Waals surface area contributed by atoms with Gasteiger partial charge < -0.3 is 5.32 Å². The van der Waals surface area contributed by atoms with Crippen LogP contribution in [-0.4, -0.2) is 15.0 Å². The number of pyridine rings is 1. The lowest BCUT2D eigenvalue weighted by atomic mass is 10.2. The number of rotatable bonds is 3. The SMILES string of the molecule is Cc1nccnc1C(C)Nc1ccc(F)nc1. The fourth-order valence-electron chi connectivity index (χ4n) is 1.62. The lowest BCUT2D eigenvalue weighted by molar-refractivity contribution is 0.584. The zero-order valence-electron chi connectivity index (χ0n) is 9.68. The molecule has 0 spiro atoms. The third-order valence-corrected chi connectivity index (χ3v) is 2.44. The van der Waals surface area contributed by atoms with Crippen molar-refractivity contribution in [2.45, 2.75) is 19.9 Å². The molecule has 1 atom stereocenters. The summed E-state index contributed by atoms with van der Waals surface area (Å²) in [4.78, 5) is 12.0. The van der Waals surface area contributed by atoms with Crippen molar-refractivity contribution < 1.29 is 4.39 Å². The van der Waals surface area contributed by atoms with Crippen LogP contribution in [0.25, 0.3) is 0 Å². The van der Waals surface area contributed by atoms with E-state index in [-0.39, 0.29) is 6.04 Å². The van der Waals surface area contributed by atoms with Crippen LogP contribution in [0, 0.1) is 12.9 Å². The van der Waals surface area contributed by atoms with Gasteiger partial charge in [0.2, 0.25) is 5.95 Å². The van der Waals surface area contributed by atoms with Crippen molar-refractivity contribution in [2.75, 3.05) is 5.32 Å². The van der Waals surface area contributed by atoms with E-state index in [1.807, 2.05) is 13.8 Å². The van der Waals surface area contributed by atoms with Crippen molar-refractivity contribution in [2.24, 2.45) is 0 Å². The van der Waals surface area contributed by atoms with E-state index in [2.05, 4.69) is 20.3 Å². The molecule has 0 aliphatic heterocycles. The molecule has 0 aliphatic carbocycles. The Kier molecular flexibility index (Phi) is 3.27. The molecule has 2 aromatic rings. The molecular formula is C12H13FN4. The number of halogens is 1. The molecule has 5 heteroatoms. The number of nitrogens with zero attached hydrogens (tertiary/aromatic N) is 3. The van der Waals surface area contributed by atoms with Crippen LogP contribution in [0.1, 0.15) is 24.4 Å². The number of hydrogen-bond donors (Lipinski definition) is 1. The molecule has 0 aromatic carbocycles. The molecule has 1 N–H and O–H groups in total. The van der Waals surface area contributed by atoms with E-state index in [1.54, 1.807) is 18.5 Å². The minimum atomic E-state index is -0.487. The molecule has 0 aliphatic rings. The van der Waals surface area contributed by atoms with Gasteiger partial charge in [-0.3, -0.25) is 9.97 Å². The van der Waals surface area contributed by atoms with Crippen LogP contribution in [0.5, 0.6) is 0 Å². The second-order valence-electron chi connectivity index (χ2n) is 3.76. The molecule has 17 heavy (non-hydrogen) atoms. The van der Waals surface area contributed by atoms with Gasteiger partial charge in [0.05, 0.1) is 29.3 Å². The summed E-state index contributed by atoms with van der Waals surface area (Å²) in [6.45, 7) is 3.88. The van der Waals surface area contributed by atoms with Crippen molar-refractivity contribution >= 4 is 5.69 Å². The third kappa shape index (κ3) is 2.75. The molecule has 0 saturated carbocycles. The van der Waals surface area contributed by atoms with Gasteiger partial charge >= 0.3 is 0 Å². The molecule has 0 amide bonds.